The lowest BCUT2D eigenvalue weighted by Crippen LogP contribution is -2.43. The number of esters is 1. The molecule has 1 aliphatic rings. The summed E-state index contributed by atoms with van der Waals surface area (Å²) >= 11 is 11.8. The van der Waals surface area contributed by atoms with Gasteiger partial charge < -0.3 is 14.8 Å². The van der Waals surface area contributed by atoms with Gasteiger partial charge in [0.15, 0.2) is 0 Å². The fourth-order valence-electron chi connectivity index (χ4n) is 4.59. The van der Waals surface area contributed by atoms with Gasteiger partial charge in [-0.15, -0.1) is 23.2 Å². The highest BCUT2D eigenvalue weighted by molar-refractivity contribution is 6.18. The highest BCUT2D eigenvalue weighted by atomic mass is 35.5. The largest absolute Gasteiger partial charge is 0.462 e. The highest BCUT2D eigenvalue weighted by Crippen LogP contribution is 2.44. The van der Waals surface area contributed by atoms with Crippen LogP contribution in [0.15, 0.2) is 11.6 Å². The molecule has 198 valence electrons. The van der Waals surface area contributed by atoms with Crippen LogP contribution in [0.5, 0.6) is 0 Å². The van der Waals surface area contributed by atoms with Crippen molar-refractivity contribution in [2.45, 2.75) is 91.4 Å². The monoisotopic (exact) mass is 520 g/mol. The molecule has 1 aliphatic carbocycles. The van der Waals surface area contributed by atoms with Gasteiger partial charge in [-0.2, -0.15) is 0 Å². The van der Waals surface area contributed by atoms with Crippen molar-refractivity contribution in [1.82, 2.24) is 10.2 Å². The highest BCUT2D eigenvalue weighted by Gasteiger charge is 2.37. The molecule has 0 aromatic heterocycles. The maximum atomic E-state index is 12.4. The minimum Gasteiger partial charge on any atom is -0.462 e. The number of hydrogen-bond donors (Lipinski definition) is 1. The molecule has 1 N–H and O–H groups in total. The molecule has 4 atom stereocenters. The number of allylic oxidation sites excluding steroid dienone is 1. The van der Waals surface area contributed by atoms with E-state index in [1.807, 2.05) is 13.8 Å². The van der Waals surface area contributed by atoms with E-state index < -0.39 is 0 Å². The van der Waals surface area contributed by atoms with E-state index in [2.05, 4.69) is 31.0 Å². The molecule has 0 radical (unpaired) electrons. The SMILES string of the molecule is CNC(=O)/C=C(\C)CCC(C)(C)[C@@H]1CC[C@H](OC(=O)CCOC(C)[C@@H](C)N(CCCl)CCCl)C1. The molecule has 1 amide bonds. The number of alkyl halides is 2. The summed E-state index contributed by atoms with van der Waals surface area (Å²) in [6, 6.07) is 0.168. The maximum Gasteiger partial charge on any atom is 0.308 e. The minimum absolute atomic E-state index is 0.0152. The van der Waals surface area contributed by atoms with Crippen LogP contribution in [-0.2, 0) is 19.1 Å². The predicted molar refractivity (Wildman–Crippen MR) is 141 cm³/mol. The van der Waals surface area contributed by atoms with Crippen LogP contribution in [-0.4, -0.2) is 73.5 Å². The summed E-state index contributed by atoms with van der Waals surface area (Å²) in [5.74, 6) is 1.35. The van der Waals surface area contributed by atoms with Gasteiger partial charge in [0.05, 0.1) is 19.1 Å². The summed E-state index contributed by atoms with van der Waals surface area (Å²) in [5.41, 5.74) is 1.22. The van der Waals surface area contributed by atoms with Crippen LogP contribution < -0.4 is 5.32 Å². The van der Waals surface area contributed by atoms with E-state index in [4.69, 9.17) is 32.7 Å². The van der Waals surface area contributed by atoms with Crippen molar-refractivity contribution < 1.29 is 19.1 Å². The second-order valence-electron chi connectivity index (χ2n) is 10.2. The zero-order chi connectivity index (χ0) is 25.7. The molecule has 0 saturated heterocycles. The number of carbonyl (C=O) groups is 2. The van der Waals surface area contributed by atoms with Crippen molar-refractivity contribution in [2.24, 2.45) is 11.3 Å². The van der Waals surface area contributed by atoms with Crippen molar-refractivity contribution in [3.63, 3.8) is 0 Å². The van der Waals surface area contributed by atoms with Gasteiger partial charge in [-0.05, 0) is 64.2 Å². The molecular weight excluding hydrogens is 475 g/mol. The van der Waals surface area contributed by atoms with Gasteiger partial charge in [0.1, 0.15) is 6.10 Å². The minimum atomic E-state index is -0.189. The first-order chi connectivity index (χ1) is 16.0. The molecule has 0 spiro atoms. The molecule has 1 fully saturated rings. The van der Waals surface area contributed by atoms with Gasteiger partial charge in [-0.1, -0.05) is 19.4 Å². The first-order valence-corrected chi connectivity index (χ1v) is 13.7. The summed E-state index contributed by atoms with van der Waals surface area (Å²) in [4.78, 5) is 26.1. The number of halogens is 2. The van der Waals surface area contributed by atoms with Gasteiger partial charge >= 0.3 is 5.97 Å². The number of nitrogens with zero attached hydrogens (tertiary/aromatic N) is 1. The molecule has 6 nitrogen and oxygen atoms in total. The van der Waals surface area contributed by atoms with Gasteiger partial charge in [0.25, 0.3) is 0 Å². The number of hydrogen-bond acceptors (Lipinski definition) is 5. The quantitative estimate of drug-likeness (QED) is 0.173. The third-order valence-corrected chi connectivity index (χ3v) is 7.60. The van der Waals surface area contributed by atoms with Crippen LogP contribution in [0, 0.1) is 11.3 Å². The fraction of sp³-hybridized carbons (Fsp3) is 0.846. The molecule has 8 heteroatoms. The zero-order valence-electron chi connectivity index (χ0n) is 22.0. The smallest absolute Gasteiger partial charge is 0.308 e. The van der Waals surface area contributed by atoms with Crippen molar-refractivity contribution in [2.75, 3.05) is 38.5 Å². The number of carbonyl (C=O) groups excluding carboxylic acids is 2. The molecule has 0 bridgehead atoms. The van der Waals surface area contributed by atoms with E-state index >= 15 is 0 Å². The summed E-state index contributed by atoms with van der Waals surface area (Å²) in [6.45, 7) is 12.5. The normalized spacial score (nSPS) is 20.9. The molecule has 1 saturated carbocycles. The second kappa shape index (κ2) is 16.0. The fourth-order valence-corrected chi connectivity index (χ4v) is 5.03. The van der Waals surface area contributed by atoms with Crippen LogP contribution >= 0.6 is 23.2 Å². The molecule has 1 rings (SSSR count). The summed E-state index contributed by atoms with van der Waals surface area (Å²) < 4.78 is 11.7. The number of nitrogens with one attached hydrogen (secondary N) is 1. The standard InChI is InChI=1S/C26H46Cl2N2O4/c1-19(17-24(31)29-6)9-11-26(4,5)22-7-8-23(18-22)34-25(32)10-16-33-21(3)20(2)30(14-12-27)15-13-28/h17,20-23H,7-16,18H2,1-6H3,(H,29,31)/b19-17+/t20-,21?,22-,23+/m1/s1. The lowest BCUT2D eigenvalue weighted by Gasteiger charge is -2.32. The van der Waals surface area contributed by atoms with E-state index in [0.717, 1.165) is 50.8 Å². The topological polar surface area (TPSA) is 67.9 Å². The van der Waals surface area contributed by atoms with Crippen molar-refractivity contribution in [1.29, 1.82) is 0 Å². The number of likely N-dealkylation sites (N-methyl/N-ethyl adjacent to an activating group) is 1. The number of ether oxygens (including phenoxy) is 2. The predicted octanol–water partition coefficient (Wildman–Crippen LogP) is 5.16. The first kappa shape index (κ1) is 31.2. The molecule has 0 aromatic carbocycles. The lowest BCUT2D eigenvalue weighted by atomic mass is 9.74. The Morgan fingerprint density at radius 1 is 1.15 bits per heavy atom. The number of amides is 1. The van der Waals surface area contributed by atoms with Gasteiger partial charge in [0.2, 0.25) is 5.91 Å². The van der Waals surface area contributed by atoms with Crippen LogP contribution in [0.25, 0.3) is 0 Å². The van der Waals surface area contributed by atoms with Crippen LogP contribution in [0.2, 0.25) is 0 Å². The average molecular weight is 522 g/mol. The van der Waals surface area contributed by atoms with Gasteiger partial charge in [-0.3, -0.25) is 14.5 Å². The third-order valence-electron chi connectivity index (χ3n) is 7.26. The van der Waals surface area contributed by atoms with Crippen molar-refractivity contribution >= 4 is 35.1 Å². The molecule has 34 heavy (non-hydrogen) atoms. The molecule has 0 aromatic rings. The summed E-state index contributed by atoms with van der Waals surface area (Å²) in [7, 11) is 1.64. The van der Waals surface area contributed by atoms with E-state index in [1.165, 1.54) is 0 Å². The lowest BCUT2D eigenvalue weighted by molar-refractivity contribution is -0.151. The Kier molecular flexibility index (Phi) is 14.7. The Balaban J connectivity index is 2.39. The Morgan fingerprint density at radius 3 is 2.38 bits per heavy atom. The van der Waals surface area contributed by atoms with Gasteiger partial charge in [-0.25, -0.2) is 0 Å². The maximum absolute atomic E-state index is 12.4. The molecule has 1 unspecified atom stereocenters. The Morgan fingerprint density at radius 2 is 1.79 bits per heavy atom. The average Bonchev–Trinajstić information content (AvgIpc) is 3.26. The molecule has 0 heterocycles. The van der Waals surface area contributed by atoms with Crippen molar-refractivity contribution in [3.05, 3.63) is 11.6 Å². The Labute approximate surface area is 217 Å². The number of rotatable bonds is 16. The molecule has 0 aliphatic heterocycles. The van der Waals surface area contributed by atoms with E-state index in [9.17, 15) is 9.59 Å². The second-order valence-corrected chi connectivity index (χ2v) is 11.0. The van der Waals surface area contributed by atoms with Crippen LogP contribution in [0.1, 0.15) is 73.1 Å². The molecular formula is C26H46Cl2N2O4. The van der Waals surface area contributed by atoms with Crippen LogP contribution in [0.4, 0.5) is 0 Å². The zero-order valence-corrected chi connectivity index (χ0v) is 23.5. The first-order valence-electron chi connectivity index (χ1n) is 12.6. The van der Waals surface area contributed by atoms with Crippen molar-refractivity contribution in [3.8, 4) is 0 Å². The Bertz CT molecular complexity index is 651. The summed E-state index contributed by atoms with van der Waals surface area (Å²) in [5, 5.41) is 2.63. The van der Waals surface area contributed by atoms with Gasteiger partial charge in [0, 0.05) is 44.0 Å². The van der Waals surface area contributed by atoms with E-state index in [0.29, 0.717) is 24.3 Å². The van der Waals surface area contributed by atoms with E-state index in [-0.39, 0.29) is 42.0 Å². The van der Waals surface area contributed by atoms with Crippen LogP contribution in [0.3, 0.4) is 0 Å². The summed E-state index contributed by atoms with van der Waals surface area (Å²) in [6.07, 6.45) is 6.65. The third kappa shape index (κ3) is 11.3. The Hall–Kier alpha value is -0.820. The van der Waals surface area contributed by atoms with E-state index in [1.54, 1.807) is 13.1 Å².